The Morgan fingerprint density at radius 3 is 2.65 bits per heavy atom. The molecule has 0 saturated heterocycles. The average Bonchev–Trinajstić information content (AvgIpc) is 3.83. The highest BCUT2D eigenvalue weighted by atomic mass is 35.5. The summed E-state index contributed by atoms with van der Waals surface area (Å²) >= 11 is 6.10. The minimum atomic E-state index is -0.516. The largest absolute Gasteiger partial charge is 0.307 e. The Hall–Kier alpha value is -3.70. The molecule has 2 aliphatic carbocycles. The number of hydrogen-bond acceptors (Lipinski definition) is 3. The molecule has 3 aliphatic rings. The SMILES string of the molecule is O=C(Cc1cc(C2CC2)n[nH]1)c1cccc(CN2C(=O)[C@@]3(C[C@H]3c3ccc(Cl)cc3)c3ccccc32)c1. The number of halogens is 1. The third-order valence-corrected chi connectivity index (χ3v) is 8.37. The number of hydrogen-bond donors (Lipinski definition) is 1. The van der Waals surface area contributed by atoms with Crippen LogP contribution in [0.5, 0.6) is 0 Å². The lowest BCUT2D eigenvalue weighted by Crippen LogP contribution is -2.32. The number of para-hydroxylation sites is 1. The summed E-state index contributed by atoms with van der Waals surface area (Å²) in [5.74, 6) is 0.877. The Bertz CT molecular complexity index is 1540. The quantitative estimate of drug-likeness (QED) is 0.297. The molecule has 1 spiro atoms. The summed E-state index contributed by atoms with van der Waals surface area (Å²) in [6, 6.07) is 25.6. The van der Waals surface area contributed by atoms with E-state index in [4.69, 9.17) is 11.6 Å². The molecule has 184 valence electrons. The molecule has 5 nitrogen and oxygen atoms in total. The minimum absolute atomic E-state index is 0.0439. The predicted molar refractivity (Wildman–Crippen MR) is 143 cm³/mol. The van der Waals surface area contributed by atoms with Crippen LogP contribution in [0.15, 0.2) is 78.9 Å². The van der Waals surface area contributed by atoms with Crippen molar-refractivity contribution >= 4 is 29.0 Å². The van der Waals surface area contributed by atoms with Crippen LogP contribution >= 0.6 is 11.6 Å². The number of carbonyl (C=O) groups is 2. The normalized spacial score (nSPS) is 21.9. The van der Waals surface area contributed by atoms with E-state index in [9.17, 15) is 9.59 Å². The fourth-order valence-corrected chi connectivity index (χ4v) is 6.09. The second kappa shape index (κ2) is 8.42. The summed E-state index contributed by atoms with van der Waals surface area (Å²) in [5.41, 5.74) is 6.20. The molecule has 6 heteroatoms. The van der Waals surface area contributed by atoms with Gasteiger partial charge in [-0.15, -0.1) is 0 Å². The Balaban J connectivity index is 1.13. The van der Waals surface area contributed by atoms with E-state index in [2.05, 4.69) is 16.3 Å². The smallest absolute Gasteiger partial charge is 0.238 e. The number of nitrogens with zero attached hydrogens (tertiary/aromatic N) is 2. The number of nitrogens with one attached hydrogen (secondary N) is 1. The van der Waals surface area contributed by atoms with Gasteiger partial charge in [-0.3, -0.25) is 14.7 Å². The van der Waals surface area contributed by atoms with E-state index in [1.807, 2.05) is 77.7 Å². The second-order valence-corrected chi connectivity index (χ2v) is 11.0. The molecule has 1 aliphatic heterocycles. The molecule has 1 N–H and O–H groups in total. The van der Waals surface area contributed by atoms with Gasteiger partial charge in [-0.1, -0.05) is 60.1 Å². The average molecular weight is 508 g/mol. The van der Waals surface area contributed by atoms with Crippen molar-refractivity contribution in [2.24, 2.45) is 0 Å². The van der Waals surface area contributed by atoms with Gasteiger partial charge >= 0.3 is 0 Å². The first-order chi connectivity index (χ1) is 18.0. The minimum Gasteiger partial charge on any atom is -0.307 e. The third kappa shape index (κ3) is 3.80. The number of fused-ring (bicyclic) bond motifs is 2. The van der Waals surface area contributed by atoms with Gasteiger partial charge in [-0.25, -0.2) is 0 Å². The fraction of sp³-hybridized carbons (Fsp3) is 0.258. The molecule has 1 aromatic heterocycles. The number of anilines is 1. The fourth-order valence-electron chi connectivity index (χ4n) is 5.96. The van der Waals surface area contributed by atoms with Crippen LogP contribution in [-0.4, -0.2) is 21.9 Å². The molecular weight excluding hydrogens is 482 g/mol. The van der Waals surface area contributed by atoms with Crippen molar-refractivity contribution < 1.29 is 9.59 Å². The lowest BCUT2D eigenvalue weighted by molar-refractivity contribution is -0.120. The molecule has 7 rings (SSSR count). The summed E-state index contributed by atoms with van der Waals surface area (Å²) in [4.78, 5) is 28.9. The van der Waals surface area contributed by atoms with Crippen molar-refractivity contribution in [3.05, 3.63) is 118 Å². The first kappa shape index (κ1) is 22.5. The number of H-pyrrole nitrogens is 1. The molecule has 3 aromatic carbocycles. The van der Waals surface area contributed by atoms with Gasteiger partial charge in [0.05, 0.1) is 24.1 Å². The van der Waals surface area contributed by atoms with Gasteiger partial charge in [0, 0.05) is 33.8 Å². The molecule has 2 atom stereocenters. The highest BCUT2D eigenvalue weighted by molar-refractivity contribution is 6.30. The van der Waals surface area contributed by atoms with Crippen molar-refractivity contribution in [3.8, 4) is 0 Å². The molecule has 1 amide bonds. The predicted octanol–water partition coefficient (Wildman–Crippen LogP) is 6.34. The number of aromatic amines is 1. The van der Waals surface area contributed by atoms with Gasteiger partial charge in [0.2, 0.25) is 5.91 Å². The number of Topliss-reactive ketones (excluding diaryl/α,β-unsaturated/α-hetero) is 1. The number of ketones is 1. The summed E-state index contributed by atoms with van der Waals surface area (Å²) in [6.07, 6.45) is 3.45. The molecule has 2 saturated carbocycles. The number of aromatic nitrogens is 2. The highest BCUT2D eigenvalue weighted by Gasteiger charge is 2.67. The monoisotopic (exact) mass is 507 g/mol. The zero-order valence-corrected chi connectivity index (χ0v) is 21.0. The third-order valence-electron chi connectivity index (χ3n) is 8.12. The molecule has 2 heterocycles. The van der Waals surface area contributed by atoms with Gasteiger partial charge in [0.15, 0.2) is 5.78 Å². The van der Waals surface area contributed by atoms with E-state index in [0.29, 0.717) is 29.5 Å². The van der Waals surface area contributed by atoms with Gasteiger partial charge < -0.3 is 4.90 Å². The van der Waals surface area contributed by atoms with Crippen LogP contribution in [0, 0.1) is 0 Å². The van der Waals surface area contributed by atoms with Crippen LogP contribution in [0.4, 0.5) is 5.69 Å². The van der Waals surface area contributed by atoms with Gasteiger partial charge in [0.25, 0.3) is 0 Å². The van der Waals surface area contributed by atoms with E-state index in [1.165, 1.54) is 12.8 Å². The van der Waals surface area contributed by atoms with Crippen molar-refractivity contribution in [2.75, 3.05) is 4.90 Å². The summed E-state index contributed by atoms with van der Waals surface area (Å²) in [7, 11) is 0. The van der Waals surface area contributed by atoms with Crippen LogP contribution in [0.1, 0.15) is 69.5 Å². The Kier molecular flexibility index (Phi) is 5.12. The zero-order valence-electron chi connectivity index (χ0n) is 20.3. The number of carbonyl (C=O) groups excluding carboxylic acids is 2. The first-order valence-electron chi connectivity index (χ1n) is 12.9. The maximum Gasteiger partial charge on any atom is 0.238 e. The molecule has 4 aromatic rings. The standard InChI is InChI=1S/C31H26ClN3O2/c32-23-12-10-20(11-13-23)26-17-31(26)25-6-1-2-7-28(25)35(30(31)37)18-19-4-3-5-22(14-19)29(36)16-24-15-27(34-33-24)21-8-9-21/h1-7,10-15,21,26H,8-9,16-18H2,(H,33,34)/t26-,31-/m0/s1. The number of benzene rings is 3. The summed E-state index contributed by atoms with van der Waals surface area (Å²) < 4.78 is 0. The van der Waals surface area contributed by atoms with E-state index < -0.39 is 5.41 Å². The Morgan fingerprint density at radius 1 is 1.03 bits per heavy atom. The van der Waals surface area contributed by atoms with Gasteiger partial charge in [0.1, 0.15) is 0 Å². The van der Waals surface area contributed by atoms with Crippen LogP contribution in [0.25, 0.3) is 0 Å². The molecule has 0 radical (unpaired) electrons. The maximum absolute atomic E-state index is 13.9. The zero-order chi connectivity index (χ0) is 25.1. The Labute approximate surface area is 220 Å². The lowest BCUT2D eigenvalue weighted by atomic mass is 9.92. The van der Waals surface area contributed by atoms with Gasteiger partial charge in [-0.05, 0) is 66.3 Å². The number of amides is 1. The molecule has 37 heavy (non-hydrogen) atoms. The summed E-state index contributed by atoms with van der Waals surface area (Å²) in [5, 5.41) is 8.09. The molecule has 0 bridgehead atoms. The van der Waals surface area contributed by atoms with Gasteiger partial charge in [-0.2, -0.15) is 5.10 Å². The van der Waals surface area contributed by atoms with E-state index in [0.717, 1.165) is 40.2 Å². The topological polar surface area (TPSA) is 66.1 Å². The van der Waals surface area contributed by atoms with Crippen molar-refractivity contribution in [2.45, 2.75) is 49.5 Å². The van der Waals surface area contributed by atoms with Crippen molar-refractivity contribution in [1.82, 2.24) is 10.2 Å². The highest BCUT2D eigenvalue weighted by Crippen LogP contribution is 2.66. The van der Waals surface area contributed by atoms with Crippen molar-refractivity contribution in [1.29, 1.82) is 0 Å². The Morgan fingerprint density at radius 2 is 1.84 bits per heavy atom. The lowest BCUT2D eigenvalue weighted by Gasteiger charge is -2.19. The number of rotatable bonds is 7. The molecular formula is C31H26ClN3O2. The van der Waals surface area contributed by atoms with Crippen molar-refractivity contribution in [3.63, 3.8) is 0 Å². The van der Waals surface area contributed by atoms with E-state index in [-0.39, 0.29) is 17.6 Å². The van der Waals surface area contributed by atoms with Crippen LogP contribution in [0.3, 0.4) is 0 Å². The van der Waals surface area contributed by atoms with Crippen LogP contribution in [-0.2, 0) is 23.2 Å². The maximum atomic E-state index is 13.9. The molecule has 2 fully saturated rings. The van der Waals surface area contributed by atoms with E-state index in [1.54, 1.807) is 0 Å². The van der Waals surface area contributed by atoms with E-state index >= 15 is 0 Å². The molecule has 0 unspecified atom stereocenters. The van der Waals surface area contributed by atoms with Crippen LogP contribution < -0.4 is 4.90 Å². The second-order valence-electron chi connectivity index (χ2n) is 10.6. The van der Waals surface area contributed by atoms with Crippen LogP contribution in [0.2, 0.25) is 5.02 Å². The first-order valence-corrected chi connectivity index (χ1v) is 13.2. The summed E-state index contributed by atoms with van der Waals surface area (Å²) in [6.45, 7) is 0.432.